The predicted molar refractivity (Wildman–Crippen MR) is 70.9 cm³/mol. The number of aromatic nitrogens is 2. The molecule has 0 radical (unpaired) electrons. The van der Waals surface area contributed by atoms with Gasteiger partial charge in [-0.15, -0.1) is 13.2 Å². The third-order valence-electron chi connectivity index (χ3n) is 2.57. The van der Waals surface area contributed by atoms with Crippen molar-refractivity contribution in [1.82, 2.24) is 14.3 Å². The maximum Gasteiger partial charge on any atom is 0.137 e. The van der Waals surface area contributed by atoms with Crippen molar-refractivity contribution in [2.45, 2.75) is 6.54 Å². The second-order valence-corrected chi connectivity index (χ2v) is 3.97. The summed E-state index contributed by atoms with van der Waals surface area (Å²) in [6, 6.07) is 6.01. The molecular formula is C14H17N3. The Morgan fingerprint density at radius 1 is 1.24 bits per heavy atom. The van der Waals surface area contributed by atoms with Crippen LogP contribution in [0.5, 0.6) is 0 Å². The van der Waals surface area contributed by atoms with E-state index in [-0.39, 0.29) is 0 Å². The second kappa shape index (κ2) is 5.46. The van der Waals surface area contributed by atoms with E-state index < -0.39 is 0 Å². The van der Waals surface area contributed by atoms with Crippen LogP contribution in [0.1, 0.15) is 5.69 Å². The smallest absolute Gasteiger partial charge is 0.137 e. The summed E-state index contributed by atoms with van der Waals surface area (Å²) in [4.78, 5) is 6.81. The summed E-state index contributed by atoms with van der Waals surface area (Å²) >= 11 is 0. The molecule has 0 bridgehead atoms. The van der Waals surface area contributed by atoms with Gasteiger partial charge in [-0.1, -0.05) is 18.2 Å². The first-order valence-electron chi connectivity index (χ1n) is 5.70. The number of nitrogens with zero attached hydrogens (tertiary/aromatic N) is 3. The maximum absolute atomic E-state index is 4.57. The van der Waals surface area contributed by atoms with Gasteiger partial charge in [0.05, 0.1) is 5.69 Å². The molecule has 3 heteroatoms. The first-order chi connectivity index (χ1) is 8.33. The van der Waals surface area contributed by atoms with Gasteiger partial charge in [-0.2, -0.15) is 0 Å². The Balaban J connectivity index is 2.15. The average molecular weight is 227 g/mol. The summed E-state index contributed by atoms with van der Waals surface area (Å²) in [5.74, 6) is 0. The van der Waals surface area contributed by atoms with Crippen molar-refractivity contribution in [3.05, 3.63) is 61.6 Å². The van der Waals surface area contributed by atoms with E-state index in [1.807, 2.05) is 40.9 Å². The summed E-state index contributed by atoms with van der Waals surface area (Å²) in [6.07, 6.45) is 7.88. The van der Waals surface area contributed by atoms with Crippen LogP contribution in [0.4, 0.5) is 0 Å². The van der Waals surface area contributed by atoms with Gasteiger partial charge in [0.25, 0.3) is 0 Å². The van der Waals surface area contributed by atoms with Crippen LogP contribution in [0.25, 0.3) is 5.65 Å². The molecule has 2 aromatic heterocycles. The summed E-state index contributed by atoms with van der Waals surface area (Å²) in [6.45, 7) is 10.0. The van der Waals surface area contributed by atoms with E-state index in [1.165, 1.54) is 0 Å². The largest absolute Gasteiger partial charge is 0.307 e. The van der Waals surface area contributed by atoms with Crippen molar-refractivity contribution >= 4 is 5.65 Å². The molecule has 88 valence electrons. The second-order valence-electron chi connectivity index (χ2n) is 3.97. The van der Waals surface area contributed by atoms with Gasteiger partial charge < -0.3 is 4.40 Å². The Labute approximate surface area is 102 Å². The fourth-order valence-electron chi connectivity index (χ4n) is 1.86. The molecular weight excluding hydrogens is 210 g/mol. The molecule has 2 rings (SSSR count). The zero-order chi connectivity index (χ0) is 12.1. The molecule has 0 aliphatic rings. The quantitative estimate of drug-likeness (QED) is 0.707. The van der Waals surface area contributed by atoms with Crippen LogP contribution in [0.2, 0.25) is 0 Å². The predicted octanol–water partition coefficient (Wildman–Crippen LogP) is 2.51. The molecule has 0 aliphatic carbocycles. The number of rotatable bonds is 6. The molecule has 0 N–H and O–H groups in total. The highest BCUT2D eigenvalue weighted by Crippen LogP contribution is 2.07. The van der Waals surface area contributed by atoms with E-state index >= 15 is 0 Å². The Morgan fingerprint density at radius 2 is 2.00 bits per heavy atom. The fourth-order valence-corrected chi connectivity index (χ4v) is 1.86. The van der Waals surface area contributed by atoms with Gasteiger partial charge in [0.15, 0.2) is 0 Å². The minimum absolute atomic E-state index is 0.819. The Bertz CT molecular complexity index is 470. The summed E-state index contributed by atoms with van der Waals surface area (Å²) in [5, 5.41) is 0. The summed E-state index contributed by atoms with van der Waals surface area (Å²) in [7, 11) is 0. The Kier molecular flexibility index (Phi) is 3.73. The van der Waals surface area contributed by atoms with E-state index in [4.69, 9.17) is 0 Å². The topological polar surface area (TPSA) is 20.5 Å². The van der Waals surface area contributed by atoms with Crippen LogP contribution in [0.15, 0.2) is 55.9 Å². The highest BCUT2D eigenvalue weighted by atomic mass is 15.1. The molecule has 0 fully saturated rings. The highest BCUT2D eigenvalue weighted by molar-refractivity contribution is 5.39. The van der Waals surface area contributed by atoms with E-state index in [9.17, 15) is 0 Å². The Morgan fingerprint density at radius 3 is 2.65 bits per heavy atom. The van der Waals surface area contributed by atoms with E-state index in [0.29, 0.717) is 0 Å². The third-order valence-corrected chi connectivity index (χ3v) is 2.57. The number of hydrogen-bond acceptors (Lipinski definition) is 2. The van der Waals surface area contributed by atoms with Crippen LogP contribution in [0.3, 0.4) is 0 Å². The van der Waals surface area contributed by atoms with Crippen molar-refractivity contribution < 1.29 is 0 Å². The van der Waals surface area contributed by atoms with Crippen molar-refractivity contribution in [2.75, 3.05) is 13.1 Å². The minimum Gasteiger partial charge on any atom is -0.307 e. The van der Waals surface area contributed by atoms with Gasteiger partial charge in [-0.3, -0.25) is 4.90 Å². The number of hydrogen-bond donors (Lipinski definition) is 0. The monoisotopic (exact) mass is 227 g/mol. The molecule has 0 saturated carbocycles. The van der Waals surface area contributed by atoms with Crippen LogP contribution < -0.4 is 0 Å². The zero-order valence-electron chi connectivity index (χ0n) is 9.92. The van der Waals surface area contributed by atoms with E-state index in [0.717, 1.165) is 31.0 Å². The highest BCUT2D eigenvalue weighted by Gasteiger charge is 2.05. The summed E-state index contributed by atoms with van der Waals surface area (Å²) in [5.41, 5.74) is 2.06. The lowest BCUT2D eigenvalue weighted by molar-refractivity contribution is 0.324. The molecule has 0 aliphatic heterocycles. The zero-order valence-corrected chi connectivity index (χ0v) is 9.92. The first kappa shape index (κ1) is 11.6. The molecule has 2 heterocycles. The molecule has 0 saturated heterocycles. The lowest BCUT2D eigenvalue weighted by Crippen LogP contribution is -2.23. The molecule has 0 unspecified atom stereocenters. The van der Waals surface area contributed by atoms with Gasteiger partial charge in [-0.05, 0) is 12.1 Å². The molecule has 0 spiro atoms. The SMILES string of the molecule is C=CCN(CC=C)Cc1cn2ccccc2n1. The van der Waals surface area contributed by atoms with Gasteiger partial charge in [0.2, 0.25) is 0 Å². The average Bonchev–Trinajstić information content (AvgIpc) is 2.71. The number of fused-ring (bicyclic) bond motifs is 1. The fraction of sp³-hybridized carbons (Fsp3) is 0.214. The van der Waals surface area contributed by atoms with Gasteiger partial charge in [0.1, 0.15) is 5.65 Å². The van der Waals surface area contributed by atoms with E-state index in [2.05, 4.69) is 29.2 Å². The lowest BCUT2D eigenvalue weighted by Gasteiger charge is -2.16. The summed E-state index contributed by atoms with van der Waals surface area (Å²) < 4.78 is 2.04. The van der Waals surface area contributed by atoms with Crippen LogP contribution in [-0.4, -0.2) is 27.4 Å². The van der Waals surface area contributed by atoms with E-state index in [1.54, 1.807) is 0 Å². The van der Waals surface area contributed by atoms with Crippen molar-refractivity contribution in [3.8, 4) is 0 Å². The standard InChI is InChI=1S/C14H17N3/c1-3-8-16(9-4-2)11-13-12-17-10-6-5-7-14(17)15-13/h3-7,10,12H,1-2,8-9,11H2. The molecule has 0 aromatic carbocycles. The van der Waals surface area contributed by atoms with Gasteiger partial charge in [-0.25, -0.2) is 4.98 Å². The van der Waals surface area contributed by atoms with Gasteiger partial charge in [0, 0.05) is 32.0 Å². The third kappa shape index (κ3) is 2.82. The first-order valence-corrected chi connectivity index (χ1v) is 5.70. The van der Waals surface area contributed by atoms with Crippen LogP contribution in [0, 0.1) is 0 Å². The minimum atomic E-state index is 0.819. The van der Waals surface area contributed by atoms with Crippen molar-refractivity contribution in [3.63, 3.8) is 0 Å². The lowest BCUT2D eigenvalue weighted by atomic mass is 10.4. The number of imidazole rings is 1. The van der Waals surface area contributed by atoms with Crippen molar-refractivity contribution in [1.29, 1.82) is 0 Å². The van der Waals surface area contributed by atoms with Crippen LogP contribution in [-0.2, 0) is 6.54 Å². The molecule has 2 aromatic rings. The molecule has 17 heavy (non-hydrogen) atoms. The van der Waals surface area contributed by atoms with Crippen molar-refractivity contribution in [2.24, 2.45) is 0 Å². The molecule has 0 amide bonds. The molecule has 0 atom stereocenters. The molecule has 3 nitrogen and oxygen atoms in total. The Hall–Kier alpha value is -1.87. The van der Waals surface area contributed by atoms with Gasteiger partial charge >= 0.3 is 0 Å². The number of pyridine rings is 1. The maximum atomic E-state index is 4.57. The normalized spacial score (nSPS) is 10.9. The van der Waals surface area contributed by atoms with Crippen LogP contribution >= 0.6 is 0 Å².